The van der Waals surface area contributed by atoms with Gasteiger partial charge in [-0.05, 0) is 24.6 Å². The van der Waals surface area contributed by atoms with E-state index in [4.69, 9.17) is 0 Å². The van der Waals surface area contributed by atoms with Crippen LogP contribution in [0.25, 0.3) is 5.70 Å². The van der Waals surface area contributed by atoms with Crippen molar-refractivity contribution in [1.29, 1.82) is 0 Å². The Morgan fingerprint density at radius 2 is 2.24 bits per heavy atom. The van der Waals surface area contributed by atoms with Crippen LogP contribution in [0, 0.1) is 0 Å². The lowest BCUT2D eigenvalue weighted by Gasteiger charge is -2.12. The topological polar surface area (TPSA) is 24.4 Å². The minimum atomic E-state index is 0.889. The molecule has 1 aromatic carbocycles. The first kappa shape index (κ1) is 13.6. The molecular weight excluding hydrogens is 228 g/mol. The van der Waals surface area contributed by atoms with E-state index in [0.29, 0.717) is 0 Å². The average Bonchev–Trinajstić information content (AvgIpc) is 2.35. The number of rotatable bonds is 7. The van der Waals surface area contributed by atoms with E-state index < -0.39 is 0 Å². The van der Waals surface area contributed by atoms with Gasteiger partial charge in [-0.15, -0.1) is 11.8 Å². The molecule has 0 bridgehead atoms. The van der Waals surface area contributed by atoms with E-state index in [0.717, 1.165) is 18.0 Å². The molecule has 0 aliphatic carbocycles. The van der Waals surface area contributed by atoms with Crippen LogP contribution >= 0.6 is 11.8 Å². The zero-order valence-electron chi connectivity index (χ0n) is 10.1. The first-order chi connectivity index (χ1) is 8.29. The number of benzene rings is 1. The molecule has 0 spiro atoms. The molecule has 0 amide bonds. The normalized spacial score (nSPS) is 10.4. The summed E-state index contributed by atoms with van der Waals surface area (Å²) in [6.45, 7) is 10.4. The van der Waals surface area contributed by atoms with Crippen LogP contribution < -0.4 is 5.32 Å². The average molecular weight is 246 g/mol. The molecular formula is C14H18N2S. The van der Waals surface area contributed by atoms with Crippen molar-refractivity contribution in [2.75, 3.05) is 6.54 Å². The van der Waals surface area contributed by atoms with Gasteiger partial charge in [-0.1, -0.05) is 30.8 Å². The maximum Gasteiger partial charge on any atom is 0.0343 e. The maximum atomic E-state index is 4.05. The maximum absolute atomic E-state index is 4.05. The summed E-state index contributed by atoms with van der Waals surface area (Å²) in [6.07, 6.45) is 1.70. The lowest BCUT2D eigenvalue weighted by Crippen LogP contribution is -2.11. The largest absolute Gasteiger partial charge is 0.385 e. The molecule has 0 saturated heterocycles. The second-order valence-corrected chi connectivity index (χ2v) is 4.34. The van der Waals surface area contributed by atoms with Crippen molar-refractivity contribution >= 4 is 24.2 Å². The Morgan fingerprint density at radius 1 is 1.47 bits per heavy atom. The molecule has 1 aromatic rings. The Bertz CT molecular complexity index is 410. The summed E-state index contributed by atoms with van der Waals surface area (Å²) in [7, 11) is 0. The molecule has 90 valence electrons. The van der Waals surface area contributed by atoms with E-state index in [1.54, 1.807) is 18.0 Å². The molecule has 0 aliphatic heterocycles. The van der Waals surface area contributed by atoms with E-state index in [9.17, 15) is 0 Å². The summed E-state index contributed by atoms with van der Waals surface area (Å²) in [5.41, 5.74) is 3.44. The Labute approximate surface area is 108 Å². The molecule has 3 heteroatoms. The van der Waals surface area contributed by atoms with Gasteiger partial charge in [-0.3, -0.25) is 4.99 Å². The first-order valence-electron chi connectivity index (χ1n) is 5.53. The van der Waals surface area contributed by atoms with Gasteiger partial charge >= 0.3 is 0 Å². The van der Waals surface area contributed by atoms with Crippen LogP contribution in [0.3, 0.4) is 0 Å². The molecule has 17 heavy (non-hydrogen) atoms. The molecule has 0 unspecified atom stereocenters. The molecule has 0 heterocycles. The van der Waals surface area contributed by atoms with Crippen LogP contribution in [-0.4, -0.2) is 13.3 Å². The summed E-state index contributed by atoms with van der Waals surface area (Å²) in [6, 6.07) is 8.30. The van der Waals surface area contributed by atoms with Crippen LogP contribution in [0.1, 0.15) is 18.1 Å². The number of aliphatic imine (C=N–C) groups is 1. The van der Waals surface area contributed by atoms with E-state index >= 15 is 0 Å². The van der Waals surface area contributed by atoms with Crippen molar-refractivity contribution in [2.24, 2.45) is 4.99 Å². The molecule has 0 saturated carbocycles. The van der Waals surface area contributed by atoms with Crippen LogP contribution in [-0.2, 0) is 5.75 Å². The number of hydrogen-bond acceptors (Lipinski definition) is 3. The molecule has 0 aromatic heterocycles. The van der Waals surface area contributed by atoms with Gasteiger partial charge in [0.15, 0.2) is 0 Å². The second kappa shape index (κ2) is 7.74. The van der Waals surface area contributed by atoms with Gasteiger partial charge < -0.3 is 5.32 Å². The minimum absolute atomic E-state index is 0.889. The predicted molar refractivity (Wildman–Crippen MR) is 79.1 cm³/mol. The van der Waals surface area contributed by atoms with Gasteiger partial charge in [0, 0.05) is 29.8 Å². The van der Waals surface area contributed by atoms with Crippen LogP contribution in [0.15, 0.2) is 47.4 Å². The fraction of sp³-hybridized carbons (Fsp3) is 0.214. The zero-order valence-corrected chi connectivity index (χ0v) is 11.0. The van der Waals surface area contributed by atoms with Gasteiger partial charge in [-0.25, -0.2) is 0 Å². The van der Waals surface area contributed by atoms with Crippen molar-refractivity contribution in [1.82, 2.24) is 5.32 Å². The fourth-order valence-electron chi connectivity index (χ4n) is 1.47. The number of nitrogens with one attached hydrogen (secondary N) is 1. The van der Waals surface area contributed by atoms with Crippen molar-refractivity contribution < 1.29 is 0 Å². The van der Waals surface area contributed by atoms with E-state index in [2.05, 4.69) is 42.7 Å². The third-order valence-electron chi connectivity index (χ3n) is 2.23. The van der Waals surface area contributed by atoms with Crippen LogP contribution in [0.5, 0.6) is 0 Å². The highest BCUT2D eigenvalue weighted by molar-refractivity contribution is 8.01. The Hall–Kier alpha value is -1.48. The molecule has 0 fully saturated rings. The standard InChI is InChI=1S/C14H18N2S/c1-4-16-12(2)14-8-6-5-7-13(14)11-17-10-9-15-3/h5-10,16H,2-4,11H2,1H3/b10-9-. The third-order valence-corrected chi connectivity index (χ3v) is 3.03. The first-order valence-corrected chi connectivity index (χ1v) is 6.58. The summed E-state index contributed by atoms with van der Waals surface area (Å²) in [5.74, 6) is 0.909. The molecule has 0 atom stereocenters. The summed E-state index contributed by atoms with van der Waals surface area (Å²) >= 11 is 1.70. The lowest BCUT2D eigenvalue weighted by molar-refractivity contribution is 0.940. The molecule has 0 aliphatic rings. The highest BCUT2D eigenvalue weighted by Crippen LogP contribution is 2.21. The number of nitrogens with zero attached hydrogens (tertiary/aromatic N) is 1. The lowest BCUT2D eigenvalue weighted by atomic mass is 10.1. The van der Waals surface area contributed by atoms with Crippen molar-refractivity contribution in [2.45, 2.75) is 12.7 Å². The Balaban J connectivity index is 2.73. The minimum Gasteiger partial charge on any atom is -0.385 e. The third kappa shape index (κ3) is 4.49. The summed E-state index contributed by atoms with van der Waals surface area (Å²) in [4.78, 5) is 3.67. The Kier molecular flexibility index (Phi) is 6.18. The molecule has 0 radical (unpaired) electrons. The number of thioether (sulfide) groups is 1. The predicted octanol–water partition coefficient (Wildman–Crippen LogP) is 3.67. The highest BCUT2D eigenvalue weighted by atomic mass is 32.2. The molecule has 2 nitrogen and oxygen atoms in total. The number of hydrogen-bond donors (Lipinski definition) is 1. The quantitative estimate of drug-likeness (QED) is 0.742. The summed E-state index contributed by atoms with van der Waals surface area (Å²) in [5, 5.41) is 5.20. The smallest absolute Gasteiger partial charge is 0.0343 e. The highest BCUT2D eigenvalue weighted by Gasteiger charge is 2.03. The monoisotopic (exact) mass is 246 g/mol. The van der Waals surface area contributed by atoms with Crippen molar-refractivity contribution in [3.8, 4) is 0 Å². The summed E-state index contributed by atoms with van der Waals surface area (Å²) < 4.78 is 0. The fourth-order valence-corrected chi connectivity index (χ4v) is 2.17. The van der Waals surface area contributed by atoms with Crippen molar-refractivity contribution in [3.05, 3.63) is 53.6 Å². The van der Waals surface area contributed by atoms with Crippen LogP contribution in [0.2, 0.25) is 0 Å². The van der Waals surface area contributed by atoms with E-state index in [-0.39, 0.29) is 0 Å². The Morgan fingerprint density at radius 3 is 2.94 bits per heavy atom. The van der Waals surface area contributed by atoms with Crippen LogP contribution in [0.4, 0.5) is 0 Å². The van der Waals surface area contributed by atoms with Gasteiger partial charge in [0.05, 0.1) is 0 Å². The van der Waals surface area contributed by atoms with Gasteiger partial charge in [0.1, 0.15) is 0 Å². The molecule has 1 N–H and O–H groups in total. The van der Waals surface area contributed by atoms with E-state index in [1.165, 1.54) is 11.1 Å². The SMILES string of the molecule is C=N/C=C\SCc1ccccc1C(=C)NCC. The van der Waals surface area contributed by atoms with Gasteiger partial charge in [0.2, 0.25) is 0 Å². The second-order valence-electron chi connectivity index (χ2n) is 3.44. The zero-order chi connectivity index (χ0) is 12.5. The van der Waals surface area contributed by atoms with E-state index in [1.807, 2.05) is 17.5 Å². The van der Waals surface area contributed by atoms with Gasteiger partial charge in [-0.2, -0.15) is 0 Å². The molecule has 1 rings (SSSR count). The van der Waals surface area contributed by atoms with Gasteiger partial charge in [0.25, 0.3) is 0 Å². The van der Waals surface area contributed by atoms with Crippen molar-refractivity contribution in [3.63, 3.8) is 0 Å².